The van der Waals surface area contributed by atoms with Gasteiger partial charge in [-0.15, -0.1) is 12.4 Å². The van der Waals surface area contributed by atoms with Gasteiger partial charge in [-0.1, -0.05) is 0 Å². The summed E-state index contributed by atoms with van der Waals surface area (Å²) in [6.07, 6.45) is 1.83. The summed E-state index contributed by atoms with van der Waals surface area (Å²) < 4.78 is 32.0. The number of nitrogens with one attached hydrogen (secondary N) is 2. The highest BCUT2D eigenvalue weighted by atomic mass is 35.5. The molecule has 1 saturated heterocycles. The zero-order valence-electron chi connectivity index (χ0n) is 13.0. The molecule has 0 aromatic heterocycles. The number of sulfonamides is 1. The number of rotatable bonds is 7. The number of amides is 1. The monoisotopic (exact) mass is 343 g/mol. The first kappa shape index (κ1) is 20.6. The number of ether oxygens (including phenoxy) is 1. The van der Waals surface area contributed by atoms with Crippen LogP contribution in [-0.4, -0.2) is 70.9 Å². The summed E-state index contributed by atoms with van der Waals surface area (Å²) in [6, 6.07) is 0. The van der Waals surface area contributed by atoms with Gasteiger partial charge in [0.2, 0.25) is 15.9 Å². The third-order valence-electron chi connectivity index (χ3n) is 3.62. The number of hydrogen-bond donors (Lipinski definition) is 2. The van der Waals surface area contributed by atoms with Gasteiger partial charge in [0.05, 0.1) is 12.1 Å². The van der Waals surface area contributed by atoms with E-state index in [0.29, 0.717) is 6.61 Å². The Morgan fingerprint density at radius 2 is 2.10 bits per heavy atom. The Morgan fingerprint density at radius 1 is 1.48 bits per heavy atom. The van der Waals surface area contributed by atoms with Crippen LogP contribution >= 0.6 is 12.4 Å². The molecule has 0 aliphatic carbocycles. The highest BCUT2D eigenvalue weighted by Crippen LogP contribution is 2.19. The molecule has 0 radical (unpaired) electrons. The molecule has 2 N–H and O–H groups in total. The van der Waals surface area contributed by atoms with Crippen molar-refractivity contribution in [2.45, 2.75) is 30.6 Å². The minimum absolute atomic E-state index is 0. The molecule has 1 heterocycles. The molecule has 21 heavy (non-hydrogen) atoms. The second-order valence-corrected chi connectivity index (χ2v) is 7.57. The summed E-state index contributed by atoms with van der Waals surface area (Å²) >= 11 is 0. The Kier molecular flexibility index (Phi) is 8.12. The van der Waals surface area contributed by atoms with Crippen LogP contribution in [0.5, 0.6) is 0 Å². The number of nitrogens with zero attached hydrogens (tertiary/aromatic N) is 1. The lowest BCUT2D eigenvalue weighted by molar-refractivity contribution is -0.127. The zero-order valence-corrected chi connectivity index (χ0v) is 14.6. The van der Waals surface area contributed by atoms with Gasteiger partial charge in [0.25, 0.3) is 0 Å². The molecule has 1 aliphatic rings. The van der Waals surface area contributed by atoms with Crippen LogP contribution in [0.3, 0.4) is 0 Å². The SMILES string of the molecule is COCC1(CNS(=O)(=O)C(C)C(=O)N(C)C)CCCN1.Cl. The summed E-state index contributed by atoms with van der Waals surface area (Å²) in [5.41, 5.74) is -0.372. The average Bonchev–Trinajstić information content (AvgIpc) is 2.84. The van der Waals surface area contributed by atoms with Gasteiger partial charge in [0.1, 0.15) is 0 Å². The molecular formula is C12H26ClN3O4S. The normalized spacial score (nSPS) is 23.4. The molecule has 0 bridgehead atoms. The van der Waals surface area contributed by atoms with Gasteiger partial charge in [-0.05, 0) is 26.3 Å². The molecule has 0 saturated carbocycles. The number of hydrogen-bond acceptors (Lipinski definition) is 5. The largest absolute Gasteiger partial charge is 0.383 e. The molecule has 9 heteroatoms. The van der Waals surface area contributed by atoms with Crippen molar-refractivity contribution in [2.75, 3.05) is 40.9 Å². The fourth-order valence-electron chi connectivity index (χ4n) is 2.33. The summed E-state index contributed by atoms with van der Waals surface area (Å²) in [5.74, 6) is -0.433. The molecule has 2 unspecified atom stereocenters. The molecule has 0 aromatic carbocycles. The van der Waals surface area contributed by atoms with Crippen molar-refractivity contribution >= 4 is 28.3 Å². The Hall–Kier alpha value is -0.410. The van der Waals surface area contributed by atoms with Gasteiger partial charge in [0, 0.05) is 27.7 Å². The van der Waals surface area contributed by atoms with Crippen molar-refractivity contribution in [2.24, 2.45) is 0 Å². The third kappa shape index (κ3) is 5.37. The van der Waals surface area contributed by atoms with Crippen molar-refractivity contribution < 1.29 is 17.9 Å². The first-order valence-electron chi connectivity index (χ1n) is 6.68. The second-order valence-electron chi connectivity index (χ2n) is 5.48. The standard InChI is InChI=1S/C12H25N3O4S.ClH/c1-10(11(16)15(2)3)20(17,18)14-8-12(9-19-4)6-5-7-13-12;/h10,13-14H,5-9H2,1-4H3;1H. The van der Waals surface area contributed by atoms with E-state index in [-0.39, 0.29) is 24.5 Å². The molecule has 0 aromatic rings. The molecule has 1 amide bonds. The van der Waals surface area contributed by atoms with Crippen LogP contribution in [0.25, 0.3) is 0 Å². The average molecular weight is 344 g/mol. The maximum Gasteiger partial charge on any atom is 0.241 e. The molecule has 2 atom stereocenters. The topological polar surface area (TPSA) is 87.7 Å². The first-order valence-corrected chi connectivity index (χ1v) is 8.22. The lowest BCUT2D eigenvalue weighted by Crippen LogP contribution is -2.55. The van der Waals surface area contributed by atoms with Crippen molar-refractivity contribution in [1.82, 2.24) is 14.9 Å². The van der Waals surface area contributed by atoms with E-state index in [9.17, 15) is 13.2 Å². The third-order valence-corrected chi connectivity index (χ3v) is 5.30. The fourth-order valence-corrected chi connectivity index (χ4v) is 3.53. The van der Waals surface area contributed by atoms with Crippen LogP contribution in [0.4, 0.5) is 0 Å². The minimum atomic E-state index is -3.69. The van der Waals surface area contributed by atoms with Gasteiger partial charge in [-0.2, -0.15) is 0 Å². The van der Waals surface area contributed by atoms with Crippen molar-refractivity contribution in [3.8, 4) is 0 Å². The van der Waals surface area contributed by atoms with Gasteiger partial charge in [-0.25, -0.2) is 13.1 Å². The summed E-state index contributed by atoms with van der Waals surface area (Å²) in [4.78, 5) is 13.0. The molecule has 7 nitrogen and oxygen atoms in total. The van der Waals surface area contributed by atoms with Gasteiger partial charge >= 0.3 is 0 Å². The van der Waals surface area contributed by atoms with Crippen LogP contribution in [0.15, 0.2) is 0 Å². The number of carbonyl (C=O) groups is 1. The van der Waals surface area contributed by atoms with Crippen LogP contribution in [0, 0.1) is 0 Å². The zero-order chi connectivity index (χ0) is 15.4. The highest BCUT2D eigenvalue weighted by molar-refractivity contribution is 7.90. The van der Waals surface area contributed by atoms with Gasteiger partial charge in [0.15, 0.2) is 5.25 Å². The quantitative estimate of drug-likeness (QED) is 0.655. The molecule has 1 fully saturated rings. The highest BCUT2D eigenvalue weighted by Gasteiger charge is 2.37. The van der Waals surface area contributed by atoms with Crippen LogP contribution in [-0.2, 0) is 19.6 Å². The second kappa shape index (κ2) is 8.28. The maximum atomic E-state index is 12.2. The fraction of sp³-hybridized carbons (Fsp3) is 0.917. The van der Waals surface area contributed by atoms with E-state index >= 15 is 0 Å². The van der Waals surface area contributed by atoms with Crippen LogP contribution in [0.1, 0.15) is 19.8 Å². The van der Waals surface area contributed by atoms with Crippen LogP contribution < -0.4 is 10.0 Å². The van der Waals surface area contributed by atoms with Crippen molar-refractivity contribution in [3.63, 3.8) is 0 Å². The van der Waals surface area contributed by atoms with E-state index < -0.39 is 21.2 Å². The van der Waals surface area contributed by atoms with E-state index in [1.807, 2.05) is 0 Å². The minimum Gasteiger partial charge on any atom is -0.383 e. The first-order chi connectivity index (χ1) is 9.24. The lowest BCUT2D eigenvalue weighted by Gasteiger charge is -2.29. The number of carbonyl (C=O) groups excluding carboxylic acids is 1. The van der Waals surface area contributed by atoms with Crippen molar-refractivity contribution in [3.05, 3.63) is 0 Å². The Morgan fingerprint density at radius 3 is 2.52 bits per heavy atom. The summed E-state index contributed by atoms with van der Waals surface area (Å²) in [5, 5.41) is 2.19. The smallest absolute Gasteiger partial charge is 0.241 e. The Bertz CT molecular complexity index is 436. The Balaban J connectivity index is 0.00000400. The summed E-state index contributed by atoms with van der Waals surface area (Å²) in [7, 11) is 0.988. The molecule has 1 aliphatic heterocycles. The van der Waals surface area contributed by atoms with Crippen LogP contribution in [0.2, 0.25) is 0 Å². The van der Waals surface area contributed by atoms with E-state index in [2.05, 4.69) is 10.0 Å². The molecular weight excluding hydrogens is 318 g/mol. The van der Waals surface area contributed by atoms with E-state index in [4.69, 9.17) is 4.74 Å². The number of methoxy groups -OCH3 is 1. The van der Waals surface area contributed by atoms with E-state index in [1.165, 1.54) is 11.8 Å². The predicted octanol–water partition coefficient (Wildman–Crippen LogP) is -0.427. The van der Waals surface area contributed by atoms with Crippen molar-refractivity contribution in [1.29, 1.82) is 0 Å². The molecule has 126 valence electrons. The maximum absolute atomic E-state index is 12.2. The number of halogens is 1. The lowest BCUT2D eigenvalue weighted by atomic mass is 9.99. The Labute approximate surface area is 133 Å². The van der Waals surface area contributed by atoms with Gasteiger partial charge in [-0.3, -0.25) is 4.79 Å². The van der Waals surface area contributed by atoms with Gasteiger partial charge < -0.3 is 15.0 Å². The molecule has 0 spiro atoms. The molecule has 1 rings (SSSR count). The predicted molar refractivity (Wildman–Crippen MR) is 84.2 cm³/mol. The van der Waals surface area contributed by atoms with E-state index in [1.54, 1.807) is 21.2 Å². The summed E-state index contributed by atoms with van der Waals surface area (Å²) in [6.45, 7) is 2.91. The van der Waals surface area contributed by atoms with E-state index in [0.717, 1.165) is 19.4 Å².